The second-order valence-electron chi connectivity index (χ2n) is 11.8. The van der Waals surface area contributed by atoms with E-state index < -0.39 is 6.04 Å². The van der Waals surface area contributed by atoms with E-state index >= 15 is 0 Å². The van der Waals surface area contributed by atoms with E-state index in [1.807, 2.05) is 42.5 Å². The summed E-state index contributed by atoms with van der Waals surface area (Å²) in [5, 5.41) is 4.70. The van der Waals surface area contributed by atoms with Gasteiger partial charge < -0.3 is 9.47 Å². The molecule has 0 amide bonds. The van der Waals surface area contributed by atoms with Crippen LogP contribution in [0.1, 0.15) is 6.85 Å². The van der Waals surface area contributed by atoms with Crippen LogP contribution in [0, 0.1) is 0 Å². The summed E-state index contributed by atoms with van der Waals surface area (Å²) in [7, 11) is 0. The largest absolute Gasteiger partial charge is 0.310 e. The predicted molar refractivity (Wildman–Crippen MR) is 204 cm³/mol. The summed E-state index contributed by atoms with van der Waals surface area (Å²) >= 11 is 0. The van der Waals surface area contributed by atoms with Gasteiger partial charge in [-0.05, 0) is 70.6 Å². The maximum absolute atomic E-state index is 8.54. The zero-order chi connectivity index (χ0) is 36.2. The number of fused-ring (bicyclic) bond motifs is 4. The van der Waals surface area contributed by atoms with E-state index in [1.165, 1.54) is 10.8 Å². The van der Waals surface area contributed by atoms with E-state index in [4.69, 9.17) is 6.85 Å². The molecule has 48 heavy (non-hydrogen) atoms. The van der Waals surface area contributed by atoms with Gasteiger partial charge in [-0.3, -0.25) is 0 Å². The maximum Gasteiger partial charge on any atom is 0.0629 e. The van der Waals surface area contributed by atoms with Crippen molar-refractivity contribution in [3.8, 4) is 27.9 Å². The number of aromatic nitrogens is 1. The molecule has 1 aromatic heterocycles. The number of anilines is 3. The van der Waals surface area contributed by atoms with Gasteiger partial charge in [0.15, 0.2) is 0 Å². The molecule has 0 radical (unpaired) electrons. The summed E-state index contributed by atoms with van der Waals surface area (Å²) in [5.74, 6) is 0. The highest BCUT2D eigenvalue weighted by molar-refractivity contribution is 6.17. The molecule has 2 nitrogen and oxygen atoms in total. The van der Waals surface area contributed by atoms with Gasteiger partial charge in [0.05, 0.1) is 29.3 Å². The van der Waals surface area contributed by atoms with E-state index in [0.29, 0.717) is 5.56 Å². The molecule has 0 unspecified atom stereocenters. The molecule has 8 aromatic carbocycles. The second-order valence-corrected chi connectivity index (χ2v) is 11.8. The van der Waals surface area contributed by atoms with Crippen molar-refractivity contribution in [3.05, 3.63) is 194 Å². The Kier molecular flexibility index (Phi) is 5.64. The molecule has 1 heterocycles. The minimum absolute atomic E-state index is 0.184. The Morgan fingerprint density at radius 2 is 1.06 bits per heavy atom. The third-order valence-corrected chi connectivity index (χ3v) is 9.07. The fourth-order valence-electron chi connectivity index (χ4n) is 6.98. The summed E-state index contributed by atoms with van der Waals surface area (Å²) in [6, 6.07) is 54.8. The zero-order valence-corrected chi connectivity index (χ0v) is 26.0. The number of rotatable bonds is 6. The van der Waals surface area contributed by atoms with Crippen LogP contribution in [0.3, 0.4) is 0 Å². The minimum atomic E-state index is -0.400. The van der Waals surface area contributed by atoms with Crippen molar-refractivity contribution >= 4 is 49.6 Å². The topological polar surface area (TPSA) is 8.17 Å². The molecular weight excluding hydrogens is 581 g/mol. The maximum atomic E-state index is 8.54. The Morgan fingerprint density at radius 1 is 0.438 bits per heavy atom. The van der Waals surface area contributed by atoms with Gasteiger partial charge in [0.1, 0.15) is 0 Å². The van der Waals surface area contributed by atoms with Gasteiger partial charge in [-0.25, -0.2) is 0 Å². The second kappa shape index (κ2) is 11.8. The average molecular weight is 618 g/mol. The molecule has 9 aromatic rings. The number of nitrogens with zero attached hydrogens (tertiary/aromatic N) is 2. The number of para-hydroxylation sites is 3. The lowest BCUT2D eigenvalue weighted by Crippen LogP contribution is -2.11. The Morgan fingerprint density at radius 3 is 1.92 bits per heavy atom. The molecule has 2 heteroatoms. The summed E-state index contributed by atoms with van der Waals surface area (Å²) in [4.78, 5) is 2.21. The van der Waals surface area contributed by atoms with Crippen molar-refractivity contribution in [2.75, 3.05) is 4.90 Å². The Balaban J connectivity index is 1.26. The highest BCUT2D eigenvalue weighted by Crippen LogP contribution is 2.45. The van der Waals surface area contributed by atoms with Crippen molar-refractivity contribution in [2.24, 2.45) is 0 Å². The van der Waals surface area contributed by atoms with Gasteiger partial charge in [0.25, 0.3) is 0 Å². The van der Waals surface area contributed by atoms with E-state index in [0.717, 1.165) is 55.7 Å². The van der Waals surface area contributed by atoms with Crippen LogP contribution >= 0.6 is 0 Å². The summed E-state index contributed by atoms with van der Waals surface area (Å²) in [6.45, 7) is 0. The van der Waals surface area contributed by atoms with Gasteiger partial charge in [0, 0.05) is 33.1 Å². The van der Waals surface area contributed by atoms with Crippen molar-refractivity contribution in [3.63, 3.8) is 0 Å². The lowest BCUT2D eigenvalue weighted by molar-refractivity contribution is 1.20. The molecule has 226 valence electrons. The SMILES string of the molecule is [2H]c1c([2H])c([2H])c(-c2ccc(N(c3ccccc3)c3ccccc3-c3cccc4c3c3ccccc3n4-c3cccc4ccccc34)cc2)c([2H])c1[2H]. The highest BCUT2D eigenvalue weighted by Gasteiger charge is 2.21. The molecule has 0 atom stereocenters. The lowest BCUT2D eigenvalue weighted by atomic mass is 9.96. The van der Waals surface area contributed by atoms with Crippen LogP contribution in [0.15, 0.2) is 194 Å². The molecular formula is C46H32N2. The summed E-state index contributed by atoms with van der Waals surface area (Å²) < 4.78 is 43.9. The molecule has 0 saturated heterocycles. The van der Waals surface area contributed by atoms with Crippen LogP contribution in [0.2, 0.25) is 0 Å². The van der Waals surface area contributed by atoms with Crippen LogP contribution in [0.4, 0.5) is 17.1 Å². The average Bonchev–Trinajstić information content (AvgIpc) is 3.55. The molecule has 0 aliphatic rings. The number of benzene rings is 8. The van der Waals surface area contributed by atoms with Gasteiger partial charge >= 0.3 is 0 Å². The first-order chi connectivity index (χ1) is 25.9. The van der Waals surface area contributed by atoms with Crippen molar-refractivity contribution in [2.45, 2.75) is 0 Å². The third kappa shape index (κ3) is 4.66. The standard InChI is InChI=1S/C46H32N2/c1-3-15-33(16-4-1)34-29-31-37(32-30-34)47(36-19-5-2-6-20-36)43-25-11-9-22-39(43)40-24-14-28-45-46(40)41-23-10-12-26-44(41)48(45)42-27-13-18-35-17-7-8-21-38(35)42/h1-32H/i1D,3D,4D,15D,16D. The predicted octanol–water partition coefficient (Wildman–Crippen LogP) is 12.7. The molecule has 0 saturated carbocycles. The van der Waals surface area contributed by atoms with Crippen LogP contribution < -0.4 is 4.90 Å². The third-order valence-electron chi connectivity index (χ3n) is 9.07. The fourth-order valence-corrected chi connectivity index (χ4v) is 6.98. The van der Waals surface area contributed by atoms with E-state index in [2.05, 4.69) is 131 Å². The molecule has 0 aliphatic carbocycles. The Hall–Kier alpha value is -6.38. The van der Waals surface area contributed by atoms with Gasteiger partial charge in [-0.1, -0.05) is 145 Å². The Bertz CT molecular complexity index is 2810. The van der Waals surface area contributed by atoms with Gasteiger partial charge in [-0.15, -0.1) is 0 Å². The monoisotopic (exact) mass is 617 g/mol. The normalized spacial score (nSPS) is 12.8. The quantitative estimate of drug-likeness (QED) is 0.180. The van der Waals surface area contributed by atoms with Crippen molar-refractivity contribution < 1.29 is 6.85 Å². The zero-order valence-electron chi connectivity index (χ0n) is 31.0. The molecule has 0 N–H and O–H groups in total. The van der Waals surface area contributed by atoms with E-state index in [9.17, 15) is 0 Å². The van der Waals surface area contributed by atoms with E-state index in [-0.39, 0.29) is 29.7 Å². The minimum Gasteiger partial charge on any atom is -0.310 e. The lowest BCUT2D eigenvalue weighted by Gasteiger charge is -2.28. The van der Waals surface area contributed by atoms with Crippen LogP contribution in [-0.2, 0) is 0 Å². The molecule has 0 bridgehead atoms. The smallest absolute Gasteiger partial charge is 0.0629 e. The number of hydrogen-bond donors (Lipinski definition) is 0. The molecule has 0 spiro atoms. The van der Waals surface area contributed by atoms with Crippen LogP contribution in [0.25, 0.3) is 60.5 Å². The molecule has 0 aliphatic heterocycles. The fraction of sp³-hybridized carbons (Fsp3) is 0. The first-order valence-corrected chi connectivity index (χ1v) is 16.0. The van der Waals surface area contributed by atoms with Crippen molar-refractivity contribution in [1.29, 1.82) is 0 Å². The Labute approximate surface area is 287 Å². The molecule has 0 fully saturated rings. The van der Waals surface area contributed by atoms with Crippen molar-refractivity contribution in [1.82, 2.24) is 4.57 Å². The highest BCUT2D eigenvalue weighted by atomic mass is 15.1. The molecule has 9 rings (SSSR count). The van der Waals surface area contributed by atoms with Gasteiger partial charge in [-0.2, -0.15) is 0 Å². The summed E-state index contributed by atoms with van der Waals surface area (Å²) in [5.41, 5.74) is 9.07. The first-order valence-electron chi connectivity index (χ1n) is 18.5. The van der Waals surface area contributed by atoms with Crippen LogP contribution in [0.5, 0.6) is 0 Å². The summed E-state index contributed by atoms with van der Waals surface area (Å²) in [6.07, 6.45) is 0. The first kappa shape index (κ1) is 23.0. The van der Waals surface area contributed by atoms with Gasteiger partial charge in [0.2, 0.25) is 0 Å². The number of hydrogen-bond acceptors (Lipinski definition) is 1. The van der Waals surface area contributed by atoms with Crippen LogP contribution in [-0.4, -0.2) is 4.57 Å². The van der Waals surface area contributed by atoms with E-state index in [1.54, 1.807) is 0 Å².